The second-order valence-electron chi connectivity index (χ2n) is 3.97. The highest BCUT2D eigenvalue weighted by molar-refractivity contribution is 7.14. The molecule has 0 bridgehead atoms. The van der Waals surface area contributed by atoms with E-state index in [1.54, 1.807) is 12.1 Å². The van der Waals surface area contributed by atoms with Crippen LogP contribution in [0.2, 0.25) is 5.02 Å². The van der Waals surface area contributed by atoms with Gasteiger partial charge in [0.15, 0.2) is 5.78 Å². The van der Waals surface area contributed by atoms with Crippen LogP contribution in [0.15, 0.2) is 30.3 Å². The van der Waals surface area contributed by atoms with Crippen LogP contribution in [-0.4, -0.2) is 5.78 Å². The number of hydrogen-bond acceptors (Lipinski definition) is 3. The lowest BCUT2D eigenvalue weighted by Gasteiger charge is -2.10. The molecule has 0 saturated heterocycles. The van der Waals surface area contributed by atoms with Crippen LogP contribution >= 0.6 is 22.9 Å². The first-order valence-corrected chi connectivity index (χ1v) is 6.68. The molecule has 0 N–H and O–H groups in total. The molecule has 0 saturated carbocycles. The molecule has 1 aromatic heterocycles. The van der Waals surface area contributed by atoms with E-state index in [0.717, 1.165) is 4.88 Å². The Hall–Kier alpha value is -1.70. The molecule has 1 heterocycles. The highest BCUT2D eigenvalue weighted by atomic mass is 35.5. The highest BCUT2D eigenvalue weighted by Crippen LogP contribution is 2.31. The average Bonchev–Trinajstić information content (AvgIpc) is 2.80. The summed E-state index contributed by atoms with van der Waals surface area (Å²) in [5.41, 5.74) is -0.0530. The van der Waals surface area contributed by atoms with E-state index in [0.29, 0.717) is 4.88 Å². The van der Waals surface area contributed by atoms with Gasteiger partial charge in [-0.3, -0.25) is 4.79 Å². The SMILES string of the molecule is Cc1ccc(C(=O)C(C#N)c2c(F)cccc2Cl)s1. The van der Waals surface area contributed by atoms with Crippen molar-refractivity contribution in [1.82, 2.24) is 0 Å². The van der Waals surface area contributed by atoms with Gasteiger partial charge in [0, 0.05) is 15.5 Å². The Morgan fingerprint density at radius 3 is 2.68 bits per heavy atom. The lowest BCUT2D eigenvalue weighted by Crippen LogP contribution is -2.12. The molecule has 2 nitrogen and oxygen atoms in total. The number of carbonyl (C=O) groups excluding carboxylic acids is 1. The maximum absolute atomic E-state index is 13.8. The van der Waals surface area contributed by atoms with Crippen LogP contribution in [0.25, 0.3) is 0 Å². The number of ketones is 1. The Balaban J connectivity index is 2.47. The van der Waals surface area contributed by atoms with Crippen LogP contribution in [0.3, 0.4) is 0 Å². The number of hydrogen-bond donors (Lipinski definition) is 0. The largest absolute Gasteiger partial charge is 0.291 e. The predicted molar refractivity (Wildman–Crippen MR) is 73.2 cm³/mol. The third-order valence-electron chi connectivity index (χ3n) is 2.66. The maximum atomic E-state index is 13.8. The fourth-order valence-electron chi connectivity index (χ4n) is 1.75. The number of aryl methyl sites for hydroxylation is 1. The van der Waals surface area contributed by atoms with Crippen molar-refractivity contribution in [3.8, 4) is 6.07 Å². The molecule has 2 rings (SSSR count). The number of carbonyl (C=O) groups is 1. The smallest absolute Gasteiger partial charge is 0.194 e. The van der Waals surface area contributed by atoms with E-state index in [2.05, 4.69) is 0 Å². The zero-order chi connectivity index (χ0) is 14.0. The minimum atomic E-state index is -1.22. The van der Waals surface area contributed by atoms with Crippen molar-refractivity contribution in [3.63, 3.8) is 0 Å². The summed E-state index contributed by atoms with van der Waals surface area (Å²) in [6, 6.07) is 9.37. The third kappa shape index (κ3) is 2.67. The van der Waals surface area contributed by atoms with Crippen LogP contribution in [0.1, 0.15) is 26.0 Å². The molecule has 0 amide bonds. The molecule has 1 aromatic carbocycles. The van der Waals surface area contributed by atoms with Gasteiger partial charge < -0.3 is 0 Å². The fourth-order valence-corrected chi connectivity index (χ4v) is 2.86. The van der Waals surface area contributed by atoms with Crippen LogP contribution in [0.5, 0.6) is 0 Å². The number of nitriles is 1. The average molecular weight is 294 g/mol. The third-order valence-corrected chi connectivity index (χ3v) is 4.01. The summed E-state index contributed by atoms with van der Waals surface area (Å²) < 4.78 is 13.8. The van der Waals surface area contributed by atoms with E-state index < -0.39 is 17.5 Å². The van der Waals surface area contributed by atoms with Crippen LogP contribution in [-0.2, 0) is 0 Å². The molecule has 0 aliphatic heterocycles. The Bertz CT molecular complexity index is 654. The second-order valence-corrected chi connectivity index (χ2v) is 5.67. The molecule has 0 aliphatic carbocycles. The lowest BCUT2D eigenvalue weighted by atomic mass is 9.94. The van der Waals surface area contributed by atoms with Gasteiger partial charge in [0.2, 0.25) is 0 Å². The van der Waals surface area contributed by atoms with Gasteiger partial charge in [-0.15, -0.1) is 11.3 Å². The number of thiophene rings is 1. The Labute approximate surface area is 119 Å². The van der Waals surface area contributed by atoms with Crippen molar-refractivity contribution in [2.45, 2.75) is 12.8 Å². The van der Waals surface area contributed by atoms with Crippen molar-refractivity contribution in [3.05, 3.63) is 56.5 Å². The second kappa shape index (κ2) is 5.52. The molecule has 0 spiro atoms. The predicted octanol–water partition coefficient (Wildman–Crippen LogP) is 4.34. The number of benzene rings is 1. The van der Waals surface area contributed by atoms with Crippen molar-refractivity contribution in [2.75, 3.05) is 0 Å². The van der Waals surface area contributed by atoms with Gasteiger partial charge in [0.05, 0.1) is 10.9 Å². The molecule has 1 atom stereocenters. The monoisotopic (exact) mass is 293 g/mol. The molecule has 1 unspecified atom stereocenters. The molecule has 96 valence electrons. The lowest BCUT2D eigenvalue weighted by molar-refractivity contribution is 0.0981. The van der Waals surface area contributed by atoms with Crippen molar-refractivity contribution in [1.29, 1.82) is 5.26 Å². The summed E-state index contributed by atoms with van der Waals surface area (Å²) in [6.07, 6.45) is 0. The minimum Gasteiger partial charge on any atom is -0.291 e. The normalized spacial score (nSPS) is 11.9. The summed E-state index contributed by atoms with van der Waals surface area (Å²) >= 11 is 7.18. The van der Waals surface area contributed by atoms with E-state index in [9.17, 15) is 14.4 Å². The molecule has 0 radical (unpaired) electrons. The Morgan fingerprint density at radius 2 is 2.16 bits per heavy atom. The zero-order valence-corrected chi connectivity index (χ0v) is 11.6. The molecule has 2 aromatic rings. The first kappa shape index (κ1) is 13.7. The van der Waals surface area contributed by atoms with E-state index in [1.807, 2.05) is 13.0 Å². The van der Waals surface area contributed by atoms with E-state index in [1.165, 1.54) is 29.5 Å². The van der Waals surface area contributed by atoms with Crippen LogP contribution in [0.4, 0.5) is 4.39 Å². The van der Waals surface area contributed by atoms with Gasteiger partial charge in [0.25, 0.3) is 0 Å². The first-order valence-electron chi connectivity index (χ1n) is 5.48. The summed E-state index contributed by atoms with van der Waals surface area (Å²) in [4.78, 5) is 13.6. The Morgan fingerprint density at radius 1 is 1.42 bits per heavy atom. The minimum absolute atomic E-state index is 0.0530. The van der Waals surface area contributed by atoms with Gasteiger partial charge in [-0.05, 0) is 31.2 Å². The van der Waals surface area contributed by atoms with E-state index >= 15 is 0 Å². The van der Waals surface area contributed by atoms with Crippen molar-refractivity contribution < 1.29 is 9.18 Å². The van der Waals surface area contributed by atoms with Crippen molar-refractivity contribution in [2.24, 2.45) is 0 Å². The molecule has 5 heteroatoms. The number of Topliss-reactive ketones (excluding diaryl/α,β-unsaturated/α-hetero) is 1. The van der Waals surface area contributed by atoms with Gasteiger partial charge in [-0.1, -0.05) is 17.7 Å². The molecule has 19 heavy (non-hydrogen) atoms. The topological polar surface area (TPSA) is 40.9 Å². The maximum Gasteiger partial charge on any atom is 0.194 e. The number of nitrogens with zero attached hydrogens (tertiary/aromatic N) is 1. The van der Waals surface area contributed by atoms with Crippen molar-refractivity contribution >= 4 is 28.7 Å². The summed E-state index contributed by atoms with van der Waals surface area (Å²) in [5, 5.41) is 9.27. The number of halogens is 2. The van der Waals surface area contributed by atoms with Crippen LogP contribution < -0.4 is 0 Å². The van der Waals surface area contributed by atoms with Gasteiger partial charge >= 0.3 is 0 Å². The zero-order valence-electron chi connectivity index (χ0n) is 9.98. The molecule has 0 aliphatic rings. The van der Waals surface area contributed by atoms with E-state index in [-0.39, 0.29) is 10.6 Å². The molecular formula is C14H9ClFNOS. The fraction of sp³-hybridized carbons (Fsp3) is 0.143. The van der Waals surface area contributed by atoms with Crippen LogP contribution in [0, 0.1) is 24.1 Å². The van der Waals surface area contributed by atoms with Gasteiger partial charge in [-0.25, -0.2) is 4.39 Å². The van der Waals surface area contributed by atoms with Gasteiger partial charge in [-0.2, -0.15) is 5.26 Å². The summed E-state index contributed by atoms with van der Waals surface area (Å²) in [5.74, 6) is -2.28. The standard InChI is InChI=1S/C14H9ClFNOS/c1-8-5-6-12(19-8)14(18)9(7-17)13-10(15)3-2-4-11(13)16/h2-6,9H,1H3. The Kier molecular flexibility index (Phi) is 3.98. The highest BCUT2D eigenvalue weighted by Gasteiger charge is 2.27. The van der Waals surface area contributed by atoms with Gasteiger partial charge in [0.1, 0.15) is 11.7 Å². The summed E-state index contributed by atoms with van der Waals surface area (Å²) in [7, 11) is 0. The quantitative estimate of drug-likeness (QED) is 0.790. The number of rotatable bonds is 3. The summed E-state index contributed by atoms with van der Waals surface area (Å²) in [6.45, 7) is 1.86. The van der Waals surface area contributed by atoms with E-state index in [4.69, 9.17) is 11.6 Å². The molecule has 0 fully saturated rings. The first-order chi connectivity index (χ1) is 9.04. The molecular weight excluding hydrogens is 285 g/mol.